The summed E-state index contributed by atoms with van der Waals surface area (Å²) in [5, 5.41) is 0. The van der Waals surface area contributed by atoms with Gasteiger partial charge in [-0.05, 0) is 0 Å². The van der Waals surface area contributed by atoms with Crippen LogP contribution in [0.2, 0.25) is 0 Å². The summed E-state index contributed by atoms with van der Waals surface area (Å²) in [6.45, 7) is 0. The normalized spacial score (nSPS) is 0. The topological polar surface area (TPSA) is 0 Å². The molecule has 6 heteroatoms. The van der Waals surface area contributed by atoms with Gasteiger partial charge >= 0.3 is 0 Å². The molecule has 0 aliphatic rings. The van der Waals surface area contributed by atoms with E-state index in [4.69, 9.17) is 0 Å². The Morgan fingerprint density at radius 1 is 0.333 bits per heavy atom. The molecule has 0 saturated heterocycles. The first-order valence-corrected chi connectivity index (χ1v) is 0. The monoisotopic (exact) mass is 202 g/mol. The Kier molecular flexibility index (Phi) is 924. The molecule has 0 unspecified atom stereocenters. The van der Waals surface area contributed by atoms with Gasteiger partial charge in [-0.3, -0.25) is 0 Å². The summed E-state index contributed by atoms with van der Waals surface area (Å²) in [6.07, 6.45) is 0. The first kappa shape index (κ1) is 92.6. The van der Waals surface area contributed by atoms with Crippen molar-refractivity contribution in [1.82, 2.24) is 0 Å². The minimum absolute atomic E-state index is 0. The van der Waals surface area contributed by atoms with Gasteiger partial charge in [-0.25, -0.2) is 0 Å². The molecule has 0 spiro atoms. The smallest absolute Gasteiger partial charge is 0 e. The van der Waals surface area contributed by atoms with Crippen molar-refractivity contribution in [3.63, 3.8) is 0 Å². The predicted octanol–water partition coefficient (Wildman–Crippen LogP) is 1.21. The Hall–Kier alpha value is 2.10. The van der Waals surface area contributed by atoms with Crippen LogP contribution in [0.4, 0.5) is 0 Å². The molecule has 0 amide bonds. The Balaban J connectivity index is 0. The Bertz CT molecular complexity index is 0. The molecule has 0 bridgehead atoms. The lowest BCUT2D eigenvalue weighted by Gasteiger charge is -0.198. The second-order valence-corrected chi connectivity index (χ2v) is 0. The maximum Gasteiger partial charge on any atom is 0 e. The molecule has 6 heavy (non-hydrogen) atoms. The molecule has 0 aliphatic heterocycles. The summed E-state index contributed by atoms with van der Waals surface area (Å²) >= 11 is 0. The fraction of sp³-hybridized carbons (Fsp3) is 0. The van der Waals surface area contributed by atoms with Crippen molar-refractivity contribution in [3.8, 4) is 0 Å². The van der Waals surface area contributed by atoms with Crippen LogP contribution < -0.4 is 0 Å². The molecule has 0 N–H and O–H groups in total. The zero-order chi connectivity index (χ0) is 0. The van der Waals surface area contributed by atoms with Gasteiger partial charge in [-0.15, -0.1) is 0 Å². The van der Waals surface area contributed by atoms with E-state index in [2.05, 4.69) is 0 Å². The van der Waals surface area contributed by atoms with Gasteiger partial charge in [0.1, 0.15) is 0 Å². The molecular formula is H10S6. The molecule has 0 heterocycles. The van der Waals surface area contributed by atoms with E-state index in [-0.39, 0.29) is 81.0 Å². The van der Waals surface area contributed by atoms with Gasteiger partial charge in [-0.2, -0.15) is 67.5 Å². The van der Waals surface area contributed by atoms with Crippen LogP contribution in [0.25, 0.3) is 0 Å². The standard InChI is InChI=1S/5H2S.S/h5*1H2;. The minimum Gasteiger partial charge on any atom is -0.197 e. The first-order chi connectivity index (χ1) is 0. The molecule has 46 valence electrons. The predicted molar refractivity (Wildman–Crippen MR) is 59.5 cm³/mol. The molecule has 0 fully saturated rings. The summed E-state index contributed by atoms with van der Waals surface area (Å²) in [4.78, 5) is 0. The summed E-state index contributed by atoms with van der Waals surface area (Å²) < 4.78 is 0. The molecular weight excluding hydrogens is 192 g/mol. The zero-order valence-electron chi connectivity index (χ0n) is 2.91. The molecule has 0 atom stereocenters. The first-order valence-electron chi connectivity index (χ1n) is 0. The molecule has 0 saturated carbocycles. The van der Waals surface area contributed by atoms with Gasteiger partial charge in [0, 0.05) is 13.5 Å². The fourth-order valence-corrected chi connectivity index (χ4v) is 0. The molecule has 0 aromatic rings. The van der Waals surface area contributed by atoms with Crippen LogP contribution in [-0.4, -0.2) is 0 Å². The third-order valence-electron chi connectivity index (χ3n) is 0. The second kappa shape index (κ2) is 59.9. The highest BCUT2D eigenvalue weighted by molar-refractivity contribution is 7.60. The molecule has 0 aliphatic carbocycles. The van der Waals surface area contributed by atoms with E-state index < -0.39 is 0 Å². The largest absolute Gasteiger partial charge is 0.197 e. The van der Waals surface area contributed by atoms with Gasteiger partial charge in [0.25, 0.3) is 0 Å². The quantitative estimate of drug-likeness (QED) is 0.554. The van der Waals surface area contributed by atoms with Crippen LogP contribution >= 0.6 is 81.0 Å². The van der Waals surface area contributed by atoms with Crippen LogP contribution in [0.15, 0.2) is 0 Å². The van der Waals surface area contributed by atoms with Crippen LogP contribution in [0.1, 0.15) is 0 Å². The lowest BCUT2D eigenvalue weighted by atomic mass is 32.1. The fourth-order valence-electron chi connectivity index (χ4n) is 0. The van der Waals surface area contributed by atoms with Crippen molar-refractivity contribution in [3.05, 3.63) is 0 Å². The number of rotatable bonds is 0. The second-order valence-electron chi connectivity index (χ2n) is 0. The average Bonchev–Trinajstić information content (AvgIpc) is 0. The van der Waals surface area contributed by atoms with Gasteiger partial charge in [-0.1, -0.05) is 0 Å². The number of hydrogen-bond acceptors (Lipinski definition) is 0. The minimum atomic E-state index is 0. The van der Waals surface area contributed by atoms with E-state index in [1.807, 2.05) is 0 Å². The molecule has 0 aromatic heterocycles. The summed E-state index contributed by atoms with van der Waals surface area (Å²) in [5.74, 6) is 0. The summed E-state index contributed by atoms with van der Waals surface area (Å²) in [7, 11) is 0. The summed E-state index contributed by atoms with van der Waals surface area (Å²) in [5.41, 5.74) is 0. The maximum absolute atomic E-state index is 0. The Morgan fingerprint density at radius 2 is 0.333 bits per heavy atom. The molecule has 0 rings (SSSR count). The summed E-state index contributed by atoms with van der Waals surface area (Å²) in [6, 6.07) is 0. The van der Waals surface area contributed by atoms with Crippen LogP contribution in [0.3, 0.4) is 0 Å². The average molecular weight is 202 g/mol. The van der Waals surface area contributed by atoms with Crippen molar-refractivity contribution < 1.29 is 0 Å². The van der Waals surface area contributed by atoms with Gasteiger partial charge < -0.3 is 0 Å². The van der Waals surface area contributed by atoms with Crippen LogP contribution in [0, 0.1) is 0 Å². The van der Waals surface area contributed by atoms with Crippen molar-refractivity contribution in [2.75, 3.05) is 0 Å². The lowest BCUT2D eigenvalue weighted by Crippen LogP contribution is 0.647. The molecule has 0 nitrogen and oxygen atoms in total. The highest BCUT2D eigenvalue weighted by atomic mass is 32.1. The van der Waals surface area contributed by atoms with E-state index in [0.29, 0.717) is 0 Å². The van der Waals surface area contributed by atoms with Crippen LogP contribution in [0.5, 0.6) is 0 Å². The van der Waals surface area contributed by atoms with Crippen molar-refractivity contribution in [2.24, 2.45) is 0 Å². The Labute approximate surface area is 80.5 Å². The van der Waals surface area contributed by atoms with Crippen molar-refractivity contribution >= 4 is 81.0 Å². The highest BCUT2D eigenvalue weighted by Crippen LogP contribution is 0.653. The SMILES string of the molecule is S.S.S.S.S.[S]. The molecule has 2 radical (unpaired) electrons. The number of hydrogen-bond donors (Lipinski definition) is 0. The van der Waals surface area contributed by atoms with Crippen molar-refractivity contribution in [1.29, 1.82) is 0 Å². The third kappa shape index (κ3) is 36.0. The van der Waals surface area contributed by atoms with Crippen molar-refractivity contribution in [2.45, 2.75) is 0 Å². The van der Waals surface area contributed by atoms with E-state index >= 15 is 0 Å². The van der Waals surface area contributed by atoms with E-state index in [9.17, 15) is 0 Å². The highest BCUT2D eigenvalue weighted by Gasteiger charge is 0.0000259. The van der Waals surface area contributed by atoms with E-state index in [0.717, 1.165) is 0 Å². The van der Waals surface area contributed by atoms with Gasteiger partial charge in [0.2, 0.25) is 0 Å². The van der Waals surface area contributed by atoms with Crippen LogP contribution in [-0.2, 0) is 0 Å². The lowest BCUT2D eigenvalue weighted by molar-refractivity contribution is 7.59. The maximum atomic E-state index is 0. The zero-order valence-corrected chi connectivity index (χ0v) is 8.72. The van der Waals surface area contributed by atoms with Gasteiger partial charge in [0.15, 0.2) is 0 Å². The van der Waals surface area contributed by atoms with E-state index in [1.165, 1.54) is 0 Å². The third-order valence-corrected chi connectivity index (χ3v) is 0. The Morgan fingerprint density at radius 3 is 0.333 bits per heavy atom. The van der Waals surface area contributed by atoms with E-state index in [1.54, 1.807) is 0 Å². The molecule has 0 aromatic carbocycles. The van der Waals surface area contributed by atoms with Gasteiger partial charge in [0.05, 0.1) is 0 Å².